The summed E-state index contributed by atoms with van der Waals surface area (Å²) in [6.45, 7) is 5.06. The quantitative estimate of drug-likeness (QED) is 0.239. The van der Waals surface area contributed by atoms with Gasteiger partial charge in [0.2, 0.25) is 5.91 Å². The van der Waals surface area contributed by atoms with Crippen molar-refractivity contribution in [3.63, 3.8) is 0 Å². The van der Waals surface area contributed by atoms with E-state index in [1.807, 2.05) is 30.3 Å². The largest absolute Gasteiger partial charge is 0.370 e. The molecular formula is C17H32IN7OS. The van der Waals surface area contributed by atoms with Gasteiger partial charge in [-0.1, -0.05) is 0 Å². The molecule has 8 nitrogen and oxygen atoms in total. The number of carbonyl (C=O) groups excluding carboxylic acids is 1. The van der Waals surface area contributed by atoms with Crippen LogP contribution in [0.1, 0.15) is 37.3 Å². The minimum Gasteiger partial charge on any atom is -0.370 e. The second-order valence-electron chi connectivity index (χ2n) is 6.76. The summed E-state index contributed by atoms with van der Waals surface area (Å²) in [5.41, 5.74) is 5.39. The number of nitrogens with zero attached hydrogens (tertiary/aromatic N) is 5. The van der Waals surface area contributed by atoms with E-state index in [-0.39, 0.29) is 29.9 Å². The Hall–Kier alpha value is -1.04. The molecule has 1 aliphatic rings. The van der Waals surface area contributed by atoms with Crippen molar-refractivity contribution in [2.45, 2.75) is 39.2 Å². The Bertz CT molecular complexity index is 622. The van der Waals surface area contributed by atoms with E-state index in [0.29, 0.717) is 18.9 Å². The number of aryl methyl sites for hydroxylation is 1. The van der Waals surface area contributed by atoms with Crippen molar-refractivity contribution in [2.75, 3.05) is 31.6 Å². The van der Waals surface area contributed by atoms with E-state index in [0.717, 1.165) is 62.3 Å². The molecule has 27 heavy (non-hydrogen) atoms. The summed E-state index contributed by atoms with van der Waals surface area (Å²) in [5, 5.41) is 11.8. The van der Waals surface area contributed by atoms with E-state index in [4.69, 9.17) is 10.7 Å². The van der Waals surface area contributed by atoms with Crippen LogP contribution in [0.3, 0.4) is 0 Å². The van der Waals surface area contributed by atoms with Crippen molar-refractivity contribution in [3.8, 4) is 0 Å². The Kier molecular flexibility index (Phi) is 11.0. The van der Waals surface area contributed by atoms with Gasteiger partial charge in [0.15, 0.2) is 11.8 Å². The van der Waals surface area contributed by atoms with Gasteiger partial charge in [-0.2, -0.15) is 11.8 Å². The second-order valence-corrected chi connectivity index (χ2v) is 7.75. The molecule has 1 amide bonds. The monoisotopic (exact) mass is 509 g/mol. The maximum absolute atomic E-state index is 11.3. The number of likely N-dealkylation sites (tertiary alicyclic amines) is 1. The van der Waals surface area contributed by atoms with E-state index >= 15 is 0 Å². The average molecular weight is 509 g/mol. The number of hydrogen-bond acceptors (Lipinski definition) is 5. The first kappa shape index (κ1) is 24.0. The van der Waals surface area contributed by atoms with Crippen LogP contribution in [0, 0.1) is 12.8 Å². The van der Waals surface area contributed by atoms with Gasteiger partial charge >= 0.3 is 0 Å². The predicted molar refractivity (Wildman–Crippen MR) is 121 cm³/mol. The lowest BCUT2D eigenvalue weighted by atomic mass is 9.95. The maximum Gasteiger partial charge on any atom is 0.217 e. The van der Waals surface area contributed by atoms with Crippen molar-refractivity contribution in [2.24, 2.45) is 23.7 Å². The van der Waals surface area contributed by atoms with Crippen LogP contribution < -0.4 is 11.1 Å². The summed E-state index contributed by atoms with van der Waals surface area (Å²) < 4.78 is 1.96. The highest BCUT2D eigenvalue weighted by Crippen LogP contribution is 2.19. The van der Waals surface area contributed by atoms with Crippen LogP contribution >= 0.6 is 35.7 Å². The topological polar surface area (TPSA) is 101 Å². The van der Waals surface area contributed by atoms with Gasteiger partial charge in [-0.3, -0.25) is 4.79 Å². The van der Waals surface area contributed by atoms with Crippen molar-refractivity contribution < 1.29 is 4.79 Å². The number of amides is 1. The lowest BCUT2D eigenvalue weighted by Crippen LogP contribution is -2.47. The number of nitrogens with two attached hydrogens (primary N) is 1. The van der Waals surface area contributed by atoms with Gasteiger partial charge in [0, 0.05) is 33.1 Å². The molecule has 0 saturated carbocycles. The molecule has 1 saturated heterocycles. The molecule has 0 aliphatic carbocycles. The molecule has 1 fully saturated rings. The molecule has 0 aromatic carbocycles. The molecule has 154 valence electrons. The zero-order valence-corrected chi connectivity index (χ0v) is 19.6. The molecular weight excluding hydrogens is 477 g/mol. The summed E-state index contributed by atoms with van der Waals surface area (Å²) in [5.74, 6) is 3.81. The Morgan fingerprint density at radius 3 is 2.85 bits per heavy atom. The summed E-state index contributed by atoms with van der Waals surface area (Å²) in [6, 6.07) is 0. The fraction of sp³-hybridized carbons (Fsp3) is 0.765. The van der Waals surface area contributed by atoms with Gasteiger partial charge in [0.05, 0.1) is 0 Å². The lowest BCUT2D eigenvalue weighted by Gasteiger charge is -2.34. The van der Waals surface area contributed by atoms with Crippen molar-refractivity contribution >= 4 is 47.6 Å². The number of hydrogen-bond donors (Lipinski definition) is 2. The molecule has 3 N–H and O–H groups in total. The lowest BCUT2D eigenvalue weighted by molar-refractivity contribution is -0.119. The molecule has 0 spiro atoms. The Labute approximate surface area is 183 Å². The standard InChI is InChI=1S/C17H31N7OS.HI/c1-13-21-22-16(23(13)2)11-20-17(19-7-5-9-26-3)24-8-4-6-14(12-24)10-15(18)25;/h14H,4-12H2,1-3H3,(H2,18,25)(H,19,20);1H. The number of aromatic nitrogens is 3. The molecule has 1 unspecified atom stereocenters. The molecule has 2 heterocycles. The summed E-state index contributed by atoms with van der Waals surface area (Å²) >= 11 is 1.84. The second kappa shape index (κ2) is 12.4. The van der Waals surface area contributed by atoms with Crippen LogP contribution in [0.15, 0.2) is 4.99 Å². The number of piperidine rings is 1. The van der Waals surface area contributed by atoms with Gasteiger partial charge in [0.1, 0.15) is 12.4 Å². The first-order chi connectivity index (χ1) is 12.5. The molecule has 1 aliphatic heterocycles. The van der Waals surface area contributed by atoms with Crippen LogP contribution in [-0.2, 0) is 18.4 Å². The Morgan fingerprint density at radius 1 is 1.44 bits per heavy atom. The van der Waals surface area contributed by atoms with E-state index in [9.17, 15) is 4.79 Å². The minimum atomic E-state index is -0.224. The van der Waals surface area contributed by atoms with E-state index in [2.05, 4.69) is 26.7 Å². The fourth-order valence-corrected chi connectivity index (χ4v) is 3.56. The van der Waals surface area contributed by atoms with E-state index in [1.165, 1.54) is 0 Å². The van der Waals surface area contributed by atoms with Gasteiger partial charge in [0.25, 0.3) is 0 Å². The van der Waals surface area contributed by atoms with E-state index < -0.39 is 0 Å². The Morgan fingerprint density at radius 2 is 2.22 bits per heavy atom. The number of primary amides is 1. The van der Waals surface area contributed by atoms with Crippen LogP contribution in [0.4, 0.5) is 0 Å². The van der Waals surface area contributed by atoms with Crippen molar-refractivity contribution in [3.05, 3.63) is 11.6 Å². The minimum absolute atomic E-state index is 0. The number of halogens is 1. The number of aliphatic imine (C=N–C) groups is 1. The summed E-state index contributed by atoms with van der Waals surface area (Å²) in [4.78, 5) is 18.3. The normalized spacial score (nSPS) is 17.5. The molecule has 0 bridgehead atoms. The number of guanidine groups is 1. The van der Waals surface area contributed by atoms with Crippen LogP contribution in [0.2, 0.25) is 0 Å². The molecule has 1 aromatic heterocycles. The zero-order chi connectivity index (χ0) is 18.9. The fourth-order valence-electron chi connectivity index (χ4n) is 3.13. The molecule has 1 aromatic rings. The highest BCUT2D eigenvalue weighted by atomic mass is 127. The number of carbonyl (C=O) groups is 1. The number of rotatable bonds is 8. The van der Waals surface area contributed by atoms with Gasteiger partial charge in [-0.25, -0.2) is 4.99 Å². The molecule has 1 atom stereocenters. The van der Waals surface area contributed by atoms with Gasteiger partial charge < -0.3 is 20.5 Å². The smallest absolute Gasteiger partial charge is 0.217 e. The van der Waals surface area contributed by atoms with Gasteiger partial charge in [-0.15, -0.1) is 34.2 Å². The number of thioether (sulfide) groups is 1. The number of nitrogens with one attached hydrogen (secondary N) is 1. The third kappa shape index (κ3) is 7.84. The third-order valence-corrected chi connectivity index (χ3v) is 5.37. The van der Waals surface area contributed by atoms with E-state index in [1.54, 1.807) is 0 Å². The van der Waals surface area contributed by atoms with Crippen molar-refractivity contribution in [1.29, 1.82) is 0 Å². The third-order valence-electron chi connectivity index (χ3n) is 4.67. The SMILES string of the molecule is CSCCCNC(=NCc1nnc(C)n1C)N1CCCC(CC(N)=O)C1.I. The summed E-state index contributed by atoms with van der Waals surface area (Å²) in [6.07, 6.45) is 5.74. The predicted octanol–water partition coefficient (Wildman–Crippen LogP) is 1.53. The molecule has 0 radical (unpaired) electrons. The highest BCUT2D eigenvalue weighted by Gasteiger charge is 2.23. The van der Waals surface area contributed by atoms with Crippen LogP contribution in [0.5, 0.6) is 0 Å². The first-order valence-corrected chi connectivity index (χ1v) is 10.6. The van der Waals surface area contributed by atoms with Crippen LogP contribution in [0.25, 0.3) is 0 Å². The zero-order valence-electron chi connectivity index (χ0n) is 16.5. The average Bonchev–Trinajstić information content (AvgIpc) is 2.93. The maximum atomic E-state index is 11.3. The molecule has 2 rings (SSSR count). The van der Waals surface area contributed by atoms with Crippen molar-refractivity contribution in [1.82, 2.24) is 25.0 Å². The Balaban J connectivity index is 0.00000364. The summed E-state index contributed by atoms with van der Waals surface area (Å²) in [7, 11) is 1.95. The molecule has 10 heteroatoms. The highest BCUT2D eigenvalue weighted by molar-refractivity contribution is 14.0. The van der Waals surface area contributed by atoms with Gasteiger partial charge in [-0.05, 0) is 44.1 Å². The first-order valence-electron chi connectivity index (χ1n) is 9.16. The van der Waals surface area contributed by atoms with Crippen LogP contribution in [-0.4, -0.2) is 63.2 Å².